The Hall–Kier alpha value is -1.89. The first-order chi connectivity index (χ1) is 12.0. The Labute approximate surface area is 159 Å². The lowest BCUT2D eigenvalue weighted by atomic mass is 10.1. The normalized spacial score (nSPS) is 14.2. The summed E-state index contributed by atoms with van der Waals surface area (Å²) in [5.41, 5.74) is 1.44. The molecule has 0 unspecified atom stereocenters. The van der Waals surface area contributed by atoms with Crippen LogP contribution in [0.5, 0.6) is 0 Å². The molecule has 0 atom stereocenters. The van der Waals surface area contributed by atoms with E-state index in [2.05, 4.69) is 21.2 Å². The van der Waals surface area contributed by atoms with Gasteiger partial charge in [-0.05, 0) is 36.4 Å². The molecule has 1 fully saturated rings. The Kier molecular flexibility index (Phi) is 5.73. The van der Waals surface area contributed by atoms with Gasteiger partial charge in [0.15, 0.2) is 0 Å². The summed E-state index contributed by atoms with van der Waals surface area (Å²) in [6, 6.07) is 11.9. The molecule has 2 aromatic carbocycles. The van der Waals surface area contributed by atoms with Crippen molar-refractivity contribution in [3.05, 3.63) is 63.1 Å². The van der Waals surface area contributed by atoms with Gasteiger partial charge in [-0.25, -0.2) is 0 Å². The Morgan fingerprint density at radius 1 is 1.12 bits per heavy atom. The highest BCUT2D eigenvalue weighted by Crippen LogP contribution is 2.23. The number of anilines is 1. The van der Waals surface area contributed by atoms with Gasteiger partial charge in [-0.2, -0.15) is 0 Å². The number of benzene rings is 2. The van der Waals surface area contributed by atoms with Crippen LogP contribution in [0, 0.1) is 0 Å². The van der Waals surface area contributed by atoms with E-state index in [4.69, 9.17) is 16.3 Å². The number of morpholine rings is 1. The maximum absolute atomic E-state index is 12.5. The molecule has 0 radical (unpaired) electrons. The van der Waals surface area contributed by atoms with E-state index < -0.39 is 0 Å². The lowest BCUT2D eigenvalue weighted by Crippen LogP contribution is -2.40. The van der Waals surface area contributed by atoms with E-state index in [9.17, 15) is 9.59 Å². The fraction of sp³-hybridized carbons (Fsp3) is 0.222. The number of nitrogens with zero attached hydrogens (tertiary/aromatic N) is 1. The Balaban J connectivity index is 1.75. The largest absolute Gasteiger partial charge is 0.378 e. The predicted molar refractivity (Wildman–Crippen MR) is 100 cm³/mol. The molecule has 1 aliphatic heterocycles. The van der Waals surface area contributed by atoms with Crippen LogP contribution in [0.1, 0.15) is 20.7 Å². The molecular formula is C18H16BrClN2O3. The van der Waals surface area contributed by atoms with Crippen LogP contribution in [0.2, 0.25) is 5.02 Å². The zero-order valence-electron chi connectivity index (χ0n) is 13.3. The third-order valence-corrected chi connectivity index (χ3v) is 4.65. The van der Waals surface area contributed by atoms with Crippen LogP contribution < -0.4 is 5.32 Å². The van der Waals surface area contributed by atoms with E-state index >= 15 is 0 Å². The number of carbonyl (C=O) groups excluding carboxylic acids is 2. The molecule has 2 aromatic rings. The van der Waals surface area contributed by atoms with E-state index in [1.807, 2.05) is 0 Å². The Morgan fingerprint density at radius 2 is 1.88 bits per heavy atom. The van der Waals surface area contributed by atoms with E-state index in [0.29, 0.717) is 48.1 Å². The smallest absolute Gasteiger partial charge is 0.257 e. The van der Waals surface area contributed by atoms with Crippen LogP contribution in [0.15, 0.2) is 46.9 Å². The van der Waals surface area contributed by atoms with Crippen LogP contribution in [0.4, 0.5) is 5.69 Å². The number of rotatable bonds is 3. The summed E-state index contributed by atoms with van der Waals surface area (Å²) in [5.74, 6) is -0.394. The van der Waals surface area contributed by atoms with E-state index in [1.165, 1.54) is 0 Å². The Morgan fingerprint density at radius 3 is 2.60 bits per heavy atom. The second-order valence-electron chi connectivity index (χ2n) is 5.56. The first kappa shape index (κ1) is 17.9. The van der Waals surface area contributed by atoms with E-state index in [1.54, 1.807) is 47.4 Å². The fourth-order valence-corrected chi connectivity index (χ4v) is 3.31. The lowest BCUT2D eigenvalue weighted by Gasteiger charge is -2.27. The monoisotopic (exact) mass is 422 g/mol. The highest BCUT2D eigenvalue weighted by Gasteiger charge is 2.19. The molecule has 1 aliphatic rings. The van der Waals surface area contributed by atoms with Crippen molar-refractivity contribution in [2.24, 2.45) is 0 Å². The standard InChI is InChI=1S/C18H16BrClN2O3/c19-13-4-5-15(16(20)11-13)17(23)21-14-3-1-2-12(10-14)18(24)22-6-8-25-9-7-22/h1-5,10-11H,6-9H2,(H,21,23). The first-order valence-corrected chi connectivity index (χ1v) is 8.95. The molecule has 1 saturated heterocycles. The van der Waals surface area contributed by atoms with Gasteiger partial charge in [0.2, 0.25) is 0 Å². The second kappa shape index (κ2) is 7.99. The van der Waals surface area contributed by atoms with Crippen molar-refractivity contribution in [2.75, 3.05) is 31.6 Å². The van der Waals surface area contributed by atoms with Crippen LogP contribution in [0.25, 0.3) is 0 Å². The molecule has 7 heteroatoms. The van der Waals surface area contributed by atoms with Gasteiger partial charge in [-0.1, -0.05) is 33.6 Å². The highest BCUT2D eigenvalue weighted by molar-refractivity contribution is 9.10. The van der Waals surface area contributed by atoms with Crippen molar-refractivity contribution >= 4 is 45.0 Å². The van der Waals surface area contributed by atoms with E-state index in [0.717, 1.165) is 4.47 Å². The maximum atomic E-state index is 12.5. The summed E-state index contributed by atoms with van der Waals surface area (Å²) < 4.78 is 6.06. The van der Waals surface area contributed by atoms with Gasteiger partial charge in [0, 0.05) is 28.8 Å². The molecule has 1 N–H and O–H groups in total. The summed E-state index contributed by atoms with van der Waals surface area (Å²) >= 11 is 9.42. The topological polar surface area (TPSA) is 58.6 Å². The van der Waals surface area contributed by atoms with Gasteiger partial charge < -0.3 is 15.0 Å². The fourth-order valence-electron chi connectivity index (χ4n) is 2.55. The number of carbonyl (C=O) groups is 2. The minimum atomic E-state index is -0.325. The van der Waals surface area contributed by atoms with Crippen molar-refractivity contribution in [1.29, 1.82) is 0 Å². The molecule has 3 rings (SSSR count). The molecule has 1 heterocycles. The predicted octanol–water partition coefficient (Wildman–Crippen LogP) is 3.83. The Bertz CT molecular complexity index is 807. The molecule has 0 spiro atoms. The van der Waals surface area contributed by atoms with Crippen LogP contribution in [-0.2, 0) is 4.74 Å². The minimum Gasteiger partial charge on any atom is -0.378 e. The third-order valence-electron chi connectivity index (χ3n) is 3.84. The molecule has 0 aliphatic carbocycles. The lowest BCUT2D eigenvalue weighted by molar-refractivity contribution is 0.0303. The number of amides is 2. The van der Waals surface area contributed by atoms with Crippen molar-refractivity contribution < 1.29 is 14.3 Å². The van der Waals surface area contributed by atoms with Gasteiger partial charge in [-0.3, -0.25) is 9.59 Å². The van der Waals surface area contributed by atoms with Crippen molar-refractivity contribution in [2.45, 2.75) is 0 Å². The van der Waals surface area contributed by atoms with Gasteiger partial charge in [0.1, 0.15) is 0 Å². The minimum absolute atomic E-state index is 0.0685. The average Bonchev–Trinajstić information content (AvgIpc) is 2.62. The van der Waals surface area contributed by atoms with Crippen LogP contribution >= 0.6 is 27.5 Å². The molecule has 25 heavy (non-hydrogen) atoms. The summed E-state index contributed by atoms with van der Waals surface area (Å²) in [5, 5.41) is 3.14. The summed E-state index contributed by atoms with van der Waals surface area (Å²) in [6.07, 6.45) is 0. The number of halogens is 2. The van der Waals surface area contributed by atoms with Crippen molar-refractivity contribution in [3.8, 4) is 0 Å². The molecule has 0 bridgehead atoms. The van der Waals surface area contributed by atoms with Crippen LogP contribution in [0.3, 0.4) is 0 Å². The van der Waals surface area contributed by atoms with Crippen molar-refractivity contribution in [3.63, 3.8) is 0 Å². The number of hydrogen-bond donors (Lipinski definition) is 1. The van der Waals surface area contributed by atoms with E-state index in [-0.39, 0.29) is 11.8 Å². The number of nitrogens with one attached hydrogen (secondary N) is 1. The quantitative estimate of drug-likeness (QED) is 0.816. The SMILES string of the molecule is O=C(Nc1cccc(C(=O)N2CCOCC2)c1)c1ccc(Br)cc1Cl. The molecular weight excluding hydrogens is 408 g/mol. The summed E-state index contributed by atoms with van der Waals surface area (Å²) in [6.45, 7) is 2.24. The molecule has 0 saturated carbocycles. The second-order valence-corrected chi connectivity index (χ2v) is 6.89. The molecule has 130 valence electrons. The van der Waals surface area contributed by atoms with Gasteiger partial charge in [-0.15, -0.1) is 0 Å². The molecule has 5 nitrogen and oxygen atoms in total. The van der Waals surface area contributed by atoms with Crippen LogP contribution in [-0.4, -0.2) is 43.0 Å². The zero-order chi connectivity index (χ0) is 17.8. The summed E-state index contributed by atoms with van der Waals surface area (Å²) in [7, 11) is 0. The zero-order valence-corrected chi connectivity index (χ0v) is 15.6. The van der Waals surface area contributed by atoms with Gasteiger partial charge >= 0.3 is 0 Å². The molecule has 0 aromatic heterocycles. The van der Waals surface area contributed by atoms with Gasteiger partial charge in [0.05, 0.1) is 23.8 Å². The molecule has 2 amide bonds. The third kappa shape index (κ3) is 4.39. The number of ether oxygens (including phenoxy) is 1. The van der Waals surface area contributed by atoms with Crippen molar-refractivity contribution in [1.82, 2.24) is 4.90 Å². The average molecular weight is 424 g/mol. The first-order valence-electron chi connectivity index (χ1n) is 7.78. The highest BCUT2D eigenvalue weighted by atomic mass is 79.9. The number of hydrogen-bond acceptors (Lipinski definition) is 3. The van der Waals surface area contributed by atoms with Gasteiger partial charge in [0.25, 0.3) is 11.8 Å². The summed E-state index contributed by atoms with van der Waals surface area (Å²) in [4.78, 5) is 26.7. The maximum Gasteiger partial charge on any atom is 0.257 e.